The number of hydrogen-bond donors (Lipinski definition) is 1. The number of ether oxygens (including phenoxy) is 1. The van der Waals surface area contributed by atoms with Gasteiger partial charge in [-0.3, -0.25) is 4.99 Å². The number of aliphatic imine (C=N–C) groups is 1. The molecule has 1 N–H and O–H groups in total. The molecule has 0 spiro atoms. The molecule has 0 saturated heterocycles. The normalized spacial score (nSPS) is 11.0. The van der Waals surface area contributed by atoms with Gasteiger partial charge in [0.05, 0.1) is 16.3 Å². The van der Waals surface area contributed by atoms with Crippen molar-refractivity contribution in [3.63, 3.8) is 0 Å². The third-order valence-corrected chi connectivity index (χ3v) is 4.85. The Balaban J connectivity index is 1.67. The van der Waals surface area contributed by atoms with E-state index in [1.165, 1.54) is 0 Å². The standard InChI is InChI=1S/C22H17Cl2NO3/c1-14-18(23)3-2-4-20(14)25-12-16-7-10-21(19(24)11-16)28-13-15-5-8-17(9-6-15)22(26)27/h2-12H,13H2,1H3,(H,26,27). The second kappa shape index (κ2) is 8.91. The van der Waals surface area contributed by atoms with Gasteiger partial charge in [-0.15, -0.1) is 0 Å². The second-order valence-corrected chi connectivity index (χ2v) is 6.94. The second-order valence-electron chi connectivity index (χ2n) is 6.12. The molecule has 0 aromatic heterocycles. The van der Waals surface area contributed by atoms with E-state index in [9.17, 15) is 4.79 Å². The minimum absolute atomic E-state index is 0.236. The molecular formula is C22H17Cl2NO3. The number of rotatable bonds is 6. The first-order chi connectivity index (χ1) is 13.4. The molecule has 3 aromatic carbocycles. The number of hydrogen-bond acceptors (Lipinski definition) is 3. The molecule has 0 atom stereocenters. The fraction of sp³-hybridized carbons (Fsp3) is 0.0909. The third-order valence-electron chi connectivity index (χ3n) is 4.14. The molecule has 3 rings (SSSR count). The summed E-state index contributed by atoms with van der Waals surface area (Å²) in [7, 11) is 0. The summed E-state index contributed by atoms with van der Waals surface area (Å²) in [5.74, 6) is -0.416. The van der Waals surface area contributed by atoms with Gasteiger partial charge in [0.1, 0.15) is 12.4 Å². The first-order valence-corrected chi connectivity index (χ1v) is 9.23. The highest BCUT2D eigenvalue weighted by molar-refractivity contribution is 6.32. The van der Waals surface area contributed by atoms with Gasteiger partial charge in [0, 0.05) is 11.2 Å². The van der Waals surface area contributed by atoms with Crippen molar-refractivity contribution in [1.82, 2.24) is 0 Å². The zero-order chi connectivity index (χ0) is 20.1. The maximum Gasteiger partial charge on any atom is 0.335 e. The predicted octanol–water partition coefficient (Wildman–Crippen LogP) is 6.33. The molecular weight excluding hydrogens is 397 g/mol. The Bertz CT molecular complexity index is 1030. The molecule has 0 radical (unpaired) electrons. The Morgan fingerprint density at radius 1 is 1.07 bits per heavy atom. The Morgan fingerprint density at radius 2 is 1.82 bits per heavy atom. The molecule has 0 aliphatic rings. The Morgan fingerprint density at radius 3 is 2.50 bits per heavy atom. The Labute approximate surface area is 173 Å². The molecule has 0 unspecified atom stereocenters. The van der Waals surface area contributed by atoms with Crippen molar-refractivity contribution >= 4 is 41.1 Å². The van der Waals surface area contributed by atoms with Crippen molar-refractivity contribution in [3.8, 4) is 5.75 Å². The SMILES string of the molecule is Cc1c(Cl)cccc1N=Cc1ccc(OCc2ccc(C(=O)O)cc2)c(Cl)c1. The number of carboxylic acid groups (broad SMARTS) is 1. The van der Waals surface area contributed by atoms with E-state index in [0.717, 1.165) is 22.4 Å². The van der Waals surface area contributed by atoms with E-state index in [4.69, 9.17) is 33.0 Å². The molecule has 142 valence electrons. The molecule has 0 amide bonds. The summed E-state index contributed by atoms with van der Waals surface area (Å²) < 4.78 is 5.73. The van der Waals surface area contributed by atoms with Crippen molar-refractivity contribution in [2.24, 2.45) is 4.99 Å². The molecule has 4 nitrogen and oxygen atoms in total. The van der Waals surface area contributed by atoms with E-state index in [0.29, 0.717) is 15.8 Å². The molecule has 0 heterocycles. The molecule has 0 aliphatic heterocycles. The van der Waals surface area contributed by atoms with Crippen molar-refractivity contribution in [2.45, 2.75) is 13.5 Å². The summed E-state index contributed by atoms with van der Waals surface area (Å²) in [6.45, 7) is 2.21. The lowest BCUT2D eigenvalue weighted by molar-refractivity contribution is 0.0697. The first-order valence-electron chi connectivity index (χ1n) is 8.48. The highest BCUT2D eigenvalue weighted by atomic mass is 35.5. The number of benzene rings is 3. The minimum atomic E-state index is -0.958. The minimum Gasteiger partial charge on any atom is -0.487 e. The van der Waals surface area contributed by atoms with Crippen LogP contribution in [0.25, 0.3) is 0 Å². The number of carbonyl (C=O) groups is 1. The molecule has 28 heavy (non-hydrogen) atoms. The van der Waals surface area contributed by atoms with E-state index in [-0.39, 0.29) is 12.2 Å². The van der Waals surface area contributed by atoms with E-state index in [1.807, 2.05) is 31.2 Å². The highest BCUT2D eigenvalue weighted by Gasteiger charge is 2.06. The van der Waals surface area contributed by atoms with Gasteiger partial charge in [-0.1, -0.05) is 41.4 Å². The van der Waals surface area contributed by atoms with Gasteiger partial charge in [0.25, 0.3) is 0 Å². The zero-order valence-electron chi connectivity index (χ0n) is 15.0. The van der Waals surface area contributed by atoms with Crippen LogP contribution in [0.15, 0.2) is 65.7 Å². The van der Waals surface area contributed by atoms with Crippen LogP contribution in [0.3, 0.4) is 0 Å². The van der Waals surface area contributed by atoms with Crippen molar-refractivity contribution in [3.05, 3.63) is 93.0 Å². The molecule has 0 saturated carbocycles. The van der Waals surface area contributed by atoms with Gasteiger partial charge in [0.15, 0.2) is 0 Å². The molecule has 3 aromatic rings. The summed E-state index contributed by atoms with van der Waals surface area (Å²) >= 11 is 12.4. The van der Waals surface area contributed by atoms with Crippen LogP contribution in [-0.4, -0.2) is 17.3 Å². The Hall–Kier alpha value is -2.82. The van der Waals surface area contributed by atoms with Crippen LogP contribution in [0.1, 0.15) is 27.0 Å². The average Bonchev–Trinajstić information content (AvgIpc) is 2.68. The number of carboxylic acids is 1. The maximum atomic E-state index is 10.9. The van der Waals surface area contributed by atoms with Crippen LogP contribution in [0.2, 0.25) is 10.0 Å². The lowest BCUT2D eigenvalue weighted by atomic mass is 10.1. The van der Waals surface area contributed by atoms with Gasteiger partial charge < -0.3 is 9.84 Å². The van der Waals surface area contributed by atoms with Crippen LogP contribution >= 0.6 is 23.2 Å². The fourth-order valence-corrected chi connectivity index (χ4v) is 2.91. The highest BCUT2D eigenvalue weighted by Crippen LogP contribution is 2.28. The van der Waals surface area contributed by atoms with Gasteiger partial charge in [-0.05, 0) is 66.1 Å². The van der Waals surface area contributed by atoms with Crippen LogP contribution < -0.4 is 4.74 Å². The lowest BCUT2D eigenvalue weighted by Crippen LogP contribution is -1.99. The predicted molar refractivity (Wildman–Crippen MR) is 113 cm³/mol. The summed E-state index contributed by atoms with van der Waals surface area (Å²) in [6.07, 6.45) is 1.72. The van der Waals surface area contributed by atoms with Gasteiger partial charge >= 0.3 is 5.97 Å². The average molecular weight is 414 g/mol. The molecule has 6 heteroatoms. The number of aromatic carboxylic acids is 1. The Kier molecular flexibility index (Phi) is 6.34. The smallest absolute Gasteiger partial charge is 0.335 e. The van der Waals surface area contributed by atoms with Crippen LogP contribution in [0, 0.1) is 6.92 Å². The molecule has 0 aliphatic carbocycles. The summed E-state index contributed by atoms with van der Waals surface area (Å²) in [5.41, 5.74) is 3.64. The van der Waals surface area contributed by atoms with E-state index >= 15 is 0 Å². The van der Waals surface area contributed by atoms with E-state index in [2.05, 4.69) is 4.99 Å². The summed E-state index contributed by atoms with van der Waals surface area (Å²) in [6, 6.07) is 17.5. The number of halogens is 2. The van der Waals surface area contributed by atoms with Crippen LogP contribution in [0.4, 0.5) is 5.69 Å². The van der Waals surface area contributed by atoms with Crippen LogP contribution in [0.5, 0.6) is 5.75 Å². The lowest BCUT2D eigenvalue weighted by Gasteiger charge is -2.09. The fourth-order valence-electron chi connectivity index (χ4n) is 2.50. The van der Waals surface area contributed by atoms with E-state index < -0.39 is 5.97 Å². The first kappa shape index (κ1) is 19.9. The molecule has 0 fully saturated rings. The quantitative estimate of drug-likeness (QED) is 0.480. The van der Waals surface area contributed by atoms with Gasteiger partial charge in [-0.25, -0.2) is 4.79 Å². The van der Waals surface area contributed by atoms with Gasteiger partial charge in [-0.2, -0.15) is 0 Å². The van der Waals surface area contributed by atoms with Crippen molar-refractivity contribution < 1.29 is 14.6 Å². The summed E-state index contributed by atoms with van der Waals surface area (Å²) in [5, 5.41) is 10.1. The van der Waals surface area contributed by atoms with Gasteiger partial charge in [0.2, 0.25) is 0 Å². The summed E-state index contributed by atoms with van der Waals surface area (Å²) in [4.78, 5) is 15.3. The third kappa shape index (κ3) is 4.91. The monoisotopic (exact) mass is 413 g/mol. The van der Waals surface area contributed by atoms with E-state index in [1.54, 1.807) is 42.6 Å². The zero-order valence-corrected chi connectivity index (χ0v) is 16.5. The molecule has 0 bridgehead atoms. The van der Waals surface area contributed by atoms with Crippen molar-refractivity contribution in [1.29, 1.82) is 0 Å². The van der Waals surface area contributed by atoms with Crippen molar-refractivity contribution in [2.75, 3.05) is 0 Å². The number of nitrogens with zero attached hydrogens (tertiary/aromatic N) is 1. The topological polar surface area (TPSA) is 58.9 Å². The maximum absolute atomic E-state index is 10.9. The van der Waals surface area contributed by atoms with Crippen LogP contribution in [-0.2, 0) is 6.61 Å². The largest absolute Gasteiger partial charge is 0.487 e.